The molecule has 0 bridgehead atoms. The molecule has 8 heteroatoms. The van der Waals surface area contributed by atoms with E-state index in [0.29, 0.717) is 12.2 Å². The molecule has 1 saturated heterocycles. The van der Waals surface area contributed by atoms with Crippen LogP contribution in [-0.4, -0.2) is 65.0 Å². The first-order valence-electron chi connectivity index (χ1n) is 10.0. The predicted molar refractivity (Wildman–Crippen MR) is 116 cm³/mol. The minimum absolute atomic E-state index is 0.0825. The van der Waals surface area contributed by atoms with E-state index in [-0.39, 0.29) is 5.91 Å². The van der Waals surface area contributed by atoms with Crippen molar-refractivity contribution in [1.82, 2.24) is 19.7 Å². The number of nitrogens with zero attached hydrogens (tertiary/aromatic N) is 5. The summed E-state index contributed by atoms with van der Waals surface area (Å²) in [4.78, 5) is 22.3. The van der Waals surface area contributed by atoms with Gasteiger partial charge in [-0.2, -0.15) is 5.10 Å². The fourth-order valence-electron chi connectivity index (χ4n) is 3.64. The normalized spacial score (nSPS) is 15.1. The van der Waals surface area contributed by atoms with Gasteiger partial charge in [0.2, 0.25) is 0 Å². The molecule has 3 heterocycles. The van der Waals surface area contributed by atoms with Gasteiger partial charge in [-0.1, -0.05) is 17.4 Å². The molecule has 0 N–H and O–H groups in total. The third-order valence-corrected chi connectivity index (χ3v) is 6.22. The van der Waals surface area contributed by atoms with Crippen LogP contribution in [0.25, 0.3) is 10.2 Å². The molecular weight excluding hydrogens is 386 g/mol. The van der Waals surface area contributed by atoms with Crippen LogP contribution in [0.2, 0.25) is 0 Å². The Balaban J connectivity index is 1.58. The molecule has 0 radical (unpaired) electrons. The number of anilines is 1. The van der Waals surface area contributed by atoms with Gasteiger partial charge in [-0.15, -0.1) is 0 Å². The maximum absolute atomic E-state index is 13.4. The van der Waals surface area contributed by atoms with E-state index >= 15 is 0 Å². The molecule has 154 valence electrons. The molecule has 1 aliphatic heterocycles. The van der Waals surface area contributed by atoms with Gasteiger partial charge in [0.15, 0.2) is 10.8 Å². The minimum atomic E-state index is -0.0825. The first-order chi connectivity index (χ1) is 14.0. The average Bonchev–Trinajstić information content (AvgIpc) is 3.27. The lowest BCUT2D eigenvalue weighted by Gasteiger charge is -2.27. The zero-order valence-corrected chi connectivity index (χ0v) is 18.0. The van der Waals surface area contributed by atoms with Crippen LogP contribution in [-0.2, 0) is 11.8 Å². The molecule has 0 spiro atoms. The van der Waals surface area contributed by atoms with Crippen molar-refractivity contribution in [1.29, 1.82) is 0 Å². The molecule has 4 rings (SSSR count). The summed E-state index contributed by atoms with van der Waals surface area (Å²) >= 11 is 1.57. The van der Waals surface area contributed by atoms with E-state index in [1.54, 1.807) is 20.9 Å². The molecule has 0 saturated carbocycles. The Hall–Kier alpha value is -2.29. The van der Waals surface area contributed by atoms with Crippen molar-refractivity contribution in [2.75, 3.05) is 44.3 Å². The molecule has 0 atom stereocenters. The Morgan fingerprint density at radius 2 is 2.07 bits per heavy atom. The molecule has 29 heavy (non-hydrogen) atoms. The number of hydrogen-bond acceptors (Lipinski definition) is 6. The third kappa shape index (κ3) is 4.49. The highest BCUT2D eigenvalue weighted by atomic mass is 32.1. The van der Waals surface area contributed by atoms with Gasteiger partial charge in [-0.05, 0) is 38.0 Å². The van der Waals surface area contributed by atoms with E-state index in [0.717, 1.165) is 60.2 Å². The summed E-state index contributed by atoms with van der Waals surface area (Å²) in [6.45, 7) is 9.03. The molecule has 3 aromatic rings. The first kappa shape index (κ1) is 20.0. The predicted octanol–water partition coefficient (Wildman–Crippen LogP) is 3.02. The largest absolute Gasteiger partial charge is 0.379 e. The second kappa shape index (κ2) is 8.61. The highest BCUT2D eigenvalue weighted by Crippen LogP contribution is 2.30. The second-order valence-corrected chi connectivity index (χ2v) is 8.58. The fourth-order valence-corrected chi connectivity index (χ4v) is 4.73. The van der Waals surface area contributed by atoms with E-state index in [4.69, 9.17) is 9.72 Å². The Morgan fingerprint density at radius 3 is 2.79 bits per heavy atom. The van der Waals surface area contributed by atoms with Crippen LogP contribution in [0, 0.1) is 13.8 Å². The monoisotopic (exact) mass is 413 g/mol. The van der Waals surface area contributed by atoms with E-state index in [2.05, 4.69) is 29.1 Å². The molecule has 2 aromatic heterocycles. The number of carbonyl (C=O) groups is 1. The number of carbonyl (C=O) groups excluding carboxylic acids is 1. The zero-order valence-electron chi connectivity index (χ0n) is 17.2. The van der Waals surface area contributed by atoms with Crippen molar-refractivity contribution in [3.05, 3.63) is 41.2 Å². The lowest BCUT2D eigenvalue weighted by molar-refractivity contribution is 0.0376. The van der Waals surface area contributed by atoms with E-state index in [1.807, 2.05) is 26.2 Å². The van der Waals surface area contributed by atoms with E-state index in [1.165, 1.54) is 5.56 Å². The number of benzene rings is 1. The minimum Gasteiger partial charge on any atom is -0.379 e. The van der Waals surface area contributed by atoms with Crippen LogP contribution in [0.3, 0.4) is 0 Å². The number of aryl methyl sites for hydroxylation is 3. The van der Waals surface area contributed by atoms with Crippen molar-refractivity contribution in [3.63, 3.8) is 0 Å². The molecule has 1 amide bonds. The SMILES string of the molecule is Cc1ccc2nc(N(CCCN3CCOCC3)C(=O)c3nn(C)cc3C)sc2c1. The van der Waals surface area contributed by atoms with E-state index < -0.39 is 0 Å². The maximum Gasteiger partial charge on any atom is 0.280 e. The van der Waals surface area contributed by atoms with Gasteiger partial charge >= 0.3 is 0 Å². The van der Waals surface area contributed by atoms with E-state index in [9.17, 15) is 4.79 Å². The van der Waals surface area contributed by atoms with Crippen LogP contribution in [0.5, 0.6) is 0 Å². The van der Waals surface area contributed by atoms with Crippen molar-refractivity contribution in [2.24, 2.45) is 7.05 Å². The summed E-state index contributed by atoms with van der Waals surface area (Å²) in [7, 11) is 1.84. The second-order valence-electron chi connectivity index (χ2n) is 7.57. The van der Waals surface area contributed by atoms with Crippen molar-refractivity contribution < 1.29 is 9.53 Å². The topological polar surface area (TPSA) is 63.5 Å². The van der Waals surface area contributed by atoms with Gasteiger partial charge in [0, 0.05) is 45.0 Å². The Bertz CT molecular complexity index is 1010. The number of fused-ring (bicyclic) bond motifs is 1. The number of morpholine rings is 1. The smallest absolute Gasteiger partial charge is 0.280 e. The summed E-state index contributed by atoms with van der Waals surface area (Å²) in [5, 5.41) is 5.14. The van der Waals surface area contributed by atoms with Gasteiger partial charge in [0.1, 0.15) is 0 Å². The summed E-state index contributed by atoms with van der Waals surface area (Å²) in [6.07, 6.45) is 2.76. The summed E-state index contributed by atoms with van der Waals surface area (Å²) in [5.74, 6) is -0.0825. The molecule has 1 aromatic carbocycles. The first-order valence-corrected chi connectivity index (χ1v) is 10.8. The van der Waals surface area contributed by atoms with Crippen LogP contribution >= 0.6 is 11.3 Å². The van der Waals surface area contributed by atoms with Crippen molar-refractivity contribution in [3.8, 4) is 0 Å². The quantitative estimate of drug-likeness (QED) is 0.622. The lowest BCUT2D eigenvalue weighted by Crippen LogP contribution is -2.39. The number of thiazole rings is 1. The van der Waals surface area contributed by atoms with Gasteiger partial charge in [0.25, 0.3) is 5.91 Å². The highest BCUT2D eigenvalue weighted by Gasteiger charge is 2.25. The average molecular weight is 414 g/mol. The summed E-state index contributed by atoms with van der Waals surface area (Å²) < 4.78 is 8.22. The van der Waals surface area contributed by atoms with Gasteiger partial charge in [-0.3, -0.25) is 19.3 Å². The zero-order chi connectivity index (χ0) is 20.4. The molecule has 7 nitrogen and oxygen atoms in total. The van der Waals surface area contributed by atoms with Crippen LogP contribution in [0.1, 0.15) is 28.0 Å². The van der Waals surface area contributed by atoms with Crippen LogP contribution in [0.4, 0.5) is 5.13 Å². The Morgan fingerprint density at radius 1 is 1.28 bits per heavy atom. The maximum atomic E-state index is 13.4. The van der Waals surface area contributed by atoms with Gasteiger partial charge < -0.3 is 4.74 Å². The van der Waals surface area contributed by atoms with Crippen LogP contribution in [0.15, 0.2) is 24.4 Å². The molecular formula is C21H27N5O2S. The standard InChI is InChI=1S/C21H27N5O2S/c1-15-5-6-17-18(13-15)29-21(22-17)26(8-4-7-25-9-11-28-12-10-25)20(27)19-16(2)14-24(3)23-19/h5-6,13-14H,4,7-12H2,1-3H3. The molecule has 1 aliphatic rings. The van der Waals surface area contributed by atoms with Crippen molar-refractivity contribution >= 4 is 32.6 Å². The van der Waals surface area contributed by atoms with Gasteiger partial charge in [0.05, 0.1) is 23.4 Å². The number of ether oxygens (including phenoxy) is 1. The number of hydrogen-bond donors (Lipinski definition) is 0. The molecule has 0 aliphatic carbocycles. The highest BCUT2D eigenvalue weighted by molar-refractivity contribution is 7.22. The van der Waals surface area contributed by atoms with Crippen LogP contribution < -0.4 is 4.90 Å². The summed E-state index contributed by atoms with van der Waals surface area (Å²) in [6, 6.07) is 6.20. The summed E-state index contributed by atoms with van der Waals surface area (Å²) in [5.41, 5.74) is 3.50. The fraction of sp³-hybridized carbons (Fsp3) is 0.476. The number of rotatable bonds is 6. The molecule has 1 fully saturated rings. The number of aromatic nitrogens is 3. The van der Waals surface area contributed by atoms with Gasteiger partial charge in [-0.25, -0.2) is 4.98 Å². The van der Waals surface area contributed by atoms with Crippen molar-refractivity contribution in [2.45, 2.75) is 20.3 Å². The number of amides is 1. The third-order valence-electron chi connectivity index (χ3n) is 5.18. The Kier molecular flexibility index (Phi) is 5.94. The molecule has 0 unspecified atom stereocenters. The lowest BCUT2D eigenvalue weighted by atomic mass is 10.2. The Labute approximate surface area is 174 Å².